The highest BCUT2D eigenvalue weighted by molar-refractivity contribution is 9.10. The van der Waals surface area contributed by atoms with Gasteiger partial charge < -0.3 is 15.2 Å². The van der Waals surface area contributed by atoms with Gasteiger partial charge in [0.1, 0.15) is 0 Å². The molecule has 0 bridgehead atoms. The highest BCUT2D eigenvalue weighted by atomic mass is 79.9. The standard InChI is InChI=1S/C7H5BrN2O4/c8-5-3-9-6(10(13)14)1-4(5)2-7(11)12/h1,3H,2H2,(H,11,12). The third-order valence-electron chi connectivity index (χ3n) is 1.45. The molecular formula is C7H5BrN2O4. The Labute approximate surface area is 86.9 Å². The van der Waals surface area contributed by atoms with Crippen LogP contribution in [0.2, 0.25) is 0 Å². The fourth-order valence-electron chi connectivity index (χ4n) is 0.866. The molecule has 0 atom stereocenters. The summed E-state index contributed by atoms with van der Waals surface area (Å²) in [4.78, 5) is 23.6. The van der Waals surface area contributed by atoms with E-state index in [1.54, 1.807) is 0 Å². The fraction of sp³-hybridized carbons (Fsp3) is 0.143. The molecule has 74 valence electrons. The molecule has 0 saturated heterocycles. The third kappa shape index (κ3) is 2.49. The smallest absolute Gasteiger partial charge is 0.363 e. The van der Waals surface area contributed by atoms with E-state index in [1.165, 1.54) is 6.20 Å². The lowest BCUT2D eigenvalue weighted by Gasteiger charge is -1.98. The molecule has 1 aromatic heterocycles. The quantitative estimate of drug-likeness (QED) is 0.655. The van der Waals surface area contributed by atoms with Crippen LogP contribution >= 0.6 is 15.9 Å². The lowest BCUT2D eigenvalue weighted by molar-refractivity contribution is -0.389. The number of nitro groups is 1. The number of aromatic nitrogens is 1. The molecule has 0 spiro atoms. The molecule has 0 fully saturated rings. The monoisotopic (exact) mass is 260 g/mol. The minimum absolute atomic E-state index is 0.274. The number of rotatable bonds is 3. The first-order valence-electron chi connectivity index (χ1n) is 3.51. The first-order valence-corrected chi connectivity index (χ1v) is 4.30. The van der Waals surface area contributed by atoms with Crippen LogP contribution in [0.4, 0.5) is 5.82 Å². The van der Waals surface area contributed by atoms with Crippen molar-refractivity contribution in [2.24, 2.45) is 0 Å². The molecule has 0 aliphatic heterocycles. The van der Waals surface area contributed by atoms with E-state index in [0.29, 0.717) is 10.0 Å². The average molecular weight is 261 g/mol. The van der Waals surface area contributed by atoms with Crippen molar-refractivity contribution in [1.82, 2.24) is 4.98 Å². The fourth-order valence-corrected chi connectivity index (χ4v) is 1.22. The van der Waals surface area contributed by atoms with Crippen molar-refractivity contribution >= 4 is 27.7 Å². The maximum absolute atomic E-state index is 10.4. The van der Waals surface area contributed by atoms with Crippen molar-refractivity contribution in [3.05, 3.63) is 32.4 Å². The van der Waals surface area contributed by atoms with E-state index in [4.69, 9.17) is 5.11 Å². The average Bonchev–Trinajstić information content (AvgIpc) is 2.07. The van der Waals surface area contributed by atoms with Crippen LogP contribution in [0.15, 0.2) is 16.7 Å². The predicted molar refractivity (Wildman–Crippen MR) is 49.9 cm³/mol. The van der Waals surface area contributed by atoms with Crippen molar-refractivity contribution in [3.63, 3.8) is 0 Å². The summed E-state index contributed by atoms with van der Waals surface area (Å²) < 4.78 is 0.450. The highest BCUT2D eigenvalue weighted by Crippen LogP contribution is 2.20. The predicted octanol–water partition coefficient (Wildman–Crippen LogP) is 1.38. The second-order valence-electron chi connectivity index (χ2n) is 2.46. The molecule has 14 heavy (non-hydrogen) atoms. The zero-order chi connectivity index (χ0) is 10.7. The first-order chi connectivity index (χ1) is 6.50. The second kappa shape index (κ2) is 4.14. The zero-order valence-corrected chi connectivity index (χ0v) is 8.39. The molecule has 0 radical (unpaired) electrons. The van der Waals surface area contributed by atoms with Gasteiger partial charge >= 0.3 is 11.8 Å². The molecule has 6 nitrogen and oxygen atoms in total. The Bertz CT molecular complexity index is 393. The lowest BCUT2D eigenvalue weighted by atomic mass is 10.2. The van der Waals surface area contributed by atoms with Gasteiger partial charge in [0.2, 0.25) is 0 Å². The van der Waals surface area contributed by atoms with Crippen LogP contribution in [0.3, 0.4) is 0 Å². The number of hydrogen-bond donors (Lipinski definition) is 1. The van der Waals surface area contributed by atoms with Crippen molar-refractivity contribution in [1.29, 1.82) is 0 Å². The van der Waals surface area contributed by atoms with Gasteiger partial charge in [0.15, 0.2) is 6.20 Å². The van der Waals surface area contributed by atoms with Crippen molar-refractivity contribution in [2.45, 2.75) is 6.42 Å². The topological polar surface area (TPSA) is 93.3 Å². The molecule has 0 aliphatic carbocycles. The Hall–Kier alpha value is -1.50. The largest absolute Gasteiger partial charge is 0.481 e. The number of halogens is 1. The summed E-state index contributed by atoms with van der Waals surface area (Å²) in [6.07, 6.45) is 0.945. The van der Waals surface area contributed by atoms with Gasteiger partial charge in [-0.1, -0.05) is 0 Å². The van der Waals surface area contributed by atoms with Crippen molar-refractivity contribution < 1.29 is 14.8 Å². The van der Waals surface area contributed by atoms with Gasteiger partial charge in [-0.25, -0.2) is 0 Å². The number of hydrogen-bond acceptors (Lipinski definition) is 4. The molecule has 0 amide bonds. The molecule has 0 aromatic carbocycles. The summed E-state index contributed by atoms with van der Waals surface area (Å²) in [5, 5.41) is 18.8. The van der Waals surface area contributed by atoms with Gasteiger partial charge in [0.05, 0.1) is 10.9 Å². The zero-order valence-electron chi connectivity index (χ0n) is 6.81. The summed E-state index contributed by atoms with van der Waals surface area (Å²) in [7, 11) is 0. The first kappa shape index (κ1) is 10.6. The molecule has 0 aliphatic rings. The number of nitrogens with zero attached hydrogens (tertiary/aromatic N) is 2. The van der Waals surface area contributed by atoms with Gasteiger partial charge in [-0.05, 0) is 31.4 Å². The summed E-state index contributed by atoms with van der Waals surface area (Å²) in [6, 6.07) is 1.14. The normalized spacial score (nSPS) is 9.79. The SMILES string of the molecule is O=C(O)Cc1cc([N+](=O)[O-])ncc1Br. The molecule has 7 heteroatoms. The van der Waals surface area contributed by atoms with Gasteiger partial charge in [0, 0.05) is 6.07 Å². The molecule has 1 aromatic rings. The minimum Gasteiger partial charge on any atom is -0.481 e. The van der Waals surface area contributed by atoms with Crippen LogP contribution in [0.25, 0.3) is 0 Å². The van der Waals surface area contributed by atoms with Crippen LogP contribution in [-0.4, -0.2) is 21.0 Å². The van der Waals surface area contributed by atoms with Crippen LogP contribution in [0.1, 0.15) is 5.56 Å². The van der Waals surface area contributed by atoms with Gasteiger partial charge in [-0.15, -0.1) is 0 Å². The molecule has 0 saturated carbocycles. The van der Waals surface area contributed by atoms with Gasteiger partial charge in [-0.3, -0.25) is 4.79 Å². The van der Waals surface area contributed by atoms with Crippen molar-refractivity contribution in [2.75, 3.05) is 0 Å². The summed E-state index contributed by atoms with van der Waals surface area (Å²) in [6.45, 7) is 0. The molecular weight excluding hydrogens is 256 g/mol. The highest BCUT2D eigenvalue weighted by Gasteiger charge is 2.13. The van der Waals surface area contributed by atoms with Gasteiger partial charge in [-0.2, -0.15) is 0 Å². The maximum Gasteiger partial charge on any atom is 0.363 e. The van der Waals surface area contributed by atoms with Crippen LogP contribution in [-0.2, 0) is 11.2 Å². The van der Waals surface area contributed by atoms with Crippen molar-refractivity contribution in [3.8, 4) is 0 Å². The number of carbonyl (C=O) groups is 1. The van der Waals surface area contributed by atoms with E-state index in [-0.39, 0.29) is 12.2 Å². The summed E-state index contributed by atoms with van der Waals surface area (Å²) in [5.41, 5.74) is 0.333. The molecule has 1 N–H and O–H groups in total. The van der Waals surface area contributed by atoms with E-state index < -0.39 is 10.9 Å². The van der Waals surface area contributed by atoms with Gasteiger partial charge in [0.25, 0.3) is 0 Å². The van der Waals surface area contributed by atoms with E-state index in [9.17, 15) is 14.9 Å². The number of carboxylic acid groups (broad SMARTS) is 1. The Balaban J connectivity index is 3.08. The van der Waals surface area contributed by atoms with Crippen LogP contribution < -0.4 is 0 Å². The Kier molecular flexibility index (Phi) is 3.13. The Morgan fingerprint density at radius 3 is 2.86 bits per heavy atom. The van der Waals surface area contributed by atoms with Crippen LogP contribution in [0.5, 0.6) is 0 Å². The van der Waals surface area contributed by atoms with E-state index >= 15 is 0 Å². The van der Waals surface area contributed by atoms with E-state index in [1.807, 2.05) is 0 Å². The summed E-state index contributed by atoms with van der Waals surface area (Å²) >= 11 is 3.06. The van der Waals surface area contributed by atoms with E-state index in [0.717, 1.165) is 6.07 Å². The lowest BCUT2D eigenvalue weighted by Crippen LogP contribution is -2.02. The molecule has 0 unspecified atom stereocenters. The second-order valence-corrected chi connectivity index (χ2v) is 3.32. The maximum atomic E-state index is 10.4. The van der Waals surface area contributed by atoms with Crippen LogP contribution in [0, 0.1) is 10.1 Å². The molecule has 1 rings (SSSR count). The number of aliphatic carboxylic acids is 1. The van der Waals surface area contributed by atoms with E-state index in [2.05, 4.69) is 20.9 Å². The minimum atomic E-state index is -1.05. The third-order valence-corrected chi connectivity index (χ3v) is 2.16. The number of pyridine rings is 1. The number of carboxylic acids is 1. The molecule has 1 heterocycles. The Morgan fingerprint density at radius 1 is 1.71 bits per heavy atom. The summed E-state index contributed by atoms with van der Waals surface area (Å²) in [5.74, 6) is -1.41. The Morgan fingerprint density at radius 2 is 2.36 bits per heavy atom.